The molecule has 0 bridgehead atoms. The summed E-state index contributed by atoms with van der Waals surface area (Å²) in [5.74, 6) is 0.616. The van der Waals surface area contributed by atoms with Gasteiger partial charge >= 0.3 is 0 Å². The molecule has 1 unspecified atom stereocenters. The molecule has 0 radical (unpaired) electrons. The van der Waals surface area contributed by atoms with Crippen LogP contribution in [0.2, 0.25) is 5.02 Å². The number of fused-ring (bicyclic) bond motifs is 1. The first-order valence-corrected chi connectivity index (χ1v) is 10.6. The molecule has 0 saturated heterocycles. The van der Waals surface area contributed by atoms with Gasteiger partial charge in [-0.25, -0.2) is 4.98 Å². The van der Waals surface area contributed by atoms with Gasteiger partial charge in [-0.2, -0.15) is 0 Å². The molecule has 1 heterocycles. The number of hydrogen-bond acceptors (Lipinski definition) is 3. The van der Waals surface area contributed by atoms with Gasteiger partial charge in [-0.1, -0.05) is 42.8 Å². The number of carbonyl (C=O) groups is 2. The lowest BCUT2D eigenvalue weighted by atomic mass is 10.2. The highest BCUT2D eigenvalue weighted by Crippen LogP contribution is 2.17. The van der Waals surface area contributed by atoms with Crippen LogP contribution in [-0.2, 0) is 17.8 Å². The number of carbonyl (C=O) groups excluding carboxylic acids is 2. The summed E-state index contributed by atoms with van der Waals surface area (Å²) in [6, 6.07) is 14.9. The van der Waals surface area contributed by atoms with Gasteiger partial charge in [0.2, 0.25) is 5.91 Å². The Bertz CT molecular complexity index is 1030. The number of benzene rings is 2. The zero-order valence-electron chi connectivity index (χ0n) is 17.3. The van der Waals surface area contributed by atoms with Crippen molar-refractivity contribution in [3.63, 3.8) is 0 Å². The van der Waals surface area contributed by atoms with Crippen molar-refractivity contribution in [3.05, 3.63) is 64.9 Å². The standard InChI is InChI=1S/C23H27ClN4O2/c1-3-16(2)26-22(29)15-28-20-12-7-6-11-19(20)27-21(28)13-8-14-25-23(30)17-9-4-5-10-18(17)24/h4-7,9-12,16H,3,8,13-15H2,1-2H3,(H,25,30)(H,26,29). The van der Waals surface area contributed by atoms with E-state index in [9.17, 15) is 9.59 Å². The monoisotopic (exact) mass is 426 g/mol. The second kappa shape index (κ2) is 10.3. The summed E-state index contributed by atoms with van der Waals surface area (Å²) in [6.07, 6.45) is 2.23. The van der Waals surface area contributed by atoms with E-state index in [0.29, 0.717) is 30.0 Å². The molecular weight excluding hydrogens is 400 g/mol. The third kappa shape index (κ3) is 5.39. The van der Waals surface area contributed by atoms with Crippen molar-refractivity contribution in [2.75, 3.05) is 6.54 Å². The van der Waals surface area contributed by atoms with Crippen molar-refractivity contribution in [1.29, 1.82) is 0 Å². The second-order valence-electron chi connectivity index (χ2n) is 7.32. The molecule has 0 aliphatic rings. The van der Waals surface area contributed by atoms with E-state index in [-0.39, 0.29) is 24.4 Å². The number of para-hydroxylation sites is 2. The van der Waals surface area contributed by atoms with Gasteiger partial charge in [0.25, 0.3) is 5.91 Å². The van der Waals surface area contributed by atoms with Crippen LogP contribution in [-0.4, -0.2) is 34.0 Å². The highest BCUT2D eigenvalue weighted by atomic mass is 35.5. The van der Waals surface area contributed by atoms with E-state index in [1.165, 1.54) is 0 Å². The highest BCUT2D eigenvalue weighted by molar-refractivity contribution is 6.33. The van der Waals surface area contributed by atoms with Gasteiger partial charge in [-0.05, 0) is 44.0 Å². The van der Waals surface area contributed by atoms with Gasteiger partial charge in [-0.3, -0.25) is 9.59 Å². The maximum Gasteiger partial charge on any atom is 0.252 e. The van der Waals surface area contributed by atoms with E-state index in [4.69, 9.17) is 16.6 Å². The first-order valence-electron chi connectivity index (χ1n) is 10.3. The van der Waals surface area contributed by atoms with E-state index >= 15 is 0 Å². The molecule has 158 valence electrons. The lowest BCUT2D eigenvalue weighted by Crippen LogP contribution is -2.35. The van der Waals surface area contributed by atoms with Crippen LogP contribution in [0.15, 0.2) is 48.5 Å². The maximum atomic E-state index is 12.5. The smallest absolute Gasteiger partial charge is 0.252 e. The van der Waals surface area contributed by atoms with Crippen molar-refractivity contribution >= 4 is 34.4 Å². The third-order valence-corrected chi connectivity index (χ3v) is 5.37. The second-order valence-corrected chi connectivity index (χ2v) is 7.73. The summed E-state index contributed by atoms with van der Waals surface area (Å²) in [5.41, 5.74) is 2.27. The molecule has 2 amide bonds. The van der Waals surface area contributed by atoms with Crippen molar-refractivity contribution in [1.82, 2.24) is 20.2 Å². The van der Waals surface area contributed by atoms with Gasteiger partial charge in [0, 0.05) is 19.0 Å². The molecule has 1 aromatic heterocycles. The lowest BCUT2D eigenvalue weighted by molar-refractivity contribution is -0.122. The Kier molecular flexibility index (Phi) is 7.46. The Morgan fingerprint density at radius 3 is 2.63 bits per heavy atom. The van der Waals surface area contributed by atoms with E-state index in [0.717, 1.165) is 23.3 Å². The van der Waals surface area contributed by atoms with Crippen LogP contribution >= 0.6 is 11.6 Å². The van der Waals surface area contributed by atoms with Crippen LogP contribution in [0.1, 0.15) is 42.9 Å². The molecule has 1 atom stereocenters. The summed E-state index contributed by atoms with van der Waals surface area (Å²) in [5, 5.41) is 6.34. The summed E-state index contributed by atoms with van der Waals surface area (Å²) >= 11 is 6.08. The van der Waals surface area contributed by atoms with Crippen molar-refractivity contribution < 1.29 is 9.59 Å². The molecule has 2 aromatic carbocycles. The molecule has 0 aliphatic heterocycles. The van der Waals surface area contributed by atoms with Crippen LogP contribution in [0.3, 0.4) is 0 Å². The summed E-state index contributed by atoms with van der Waals surface area (Å²) < 4.78 is 1.96. The number of aryl methyl sites for hydroxylation is 1. The van der Waals surface area contributed by atoms with Crippen LogP contribution in [0.4, 0.5) is 0 Å². The van der Waals surface area contributed by atoms with E-state index in [2.05, 4.69) is 10.6 Å². The molecule has 2 N–H and O–H groups in total. The normalized spacial score (nSPS) is 12.0. The van der Waals surface area contributed by atoms with Gasteiger partial charge in [0.1, 0.15) is 12.4 Å². The lowest BCUT2D eigenvalue weighted by Gasteiger charge is -2.14. The van der Waals surface area contributed by atoms with E-state index in [1.54, 1.807) is 24.3 Å². The van der Waals surface area contributed by atoms with Crippen molar-refractivity contribution in [2.24, 2.45) is 0 Å². The van der Waals surface area contributed by atoms with Crippen LogP contribution < -0.4 is 10.6 Å². The van der Waals surface area contributed by atoms with Gasteiger partial charge < -0.3 is 15.2 Å². The summed E-state index contributed by atoms with van der Waals surface area (Å²) in [4.78, 5) is 29.4. The Morgan fingerprint density at radius 1 is 1.13 bits per heavy atom. The van der Waals surface area contributed by atoms with E-state index in [1.807, 2.05) is 42.7 Å². The number of amides is 2. The first kappa shape index (κ1) is 21.8. The van der Waals surface area contributed by atoms with Crippen LogP contribution in [0.5, 0.6) is 0 Å². The zero-order valence-corrected chi connectivity index (χ0v) is 18.1. The minimum Gasteiger partial charge on any atom is -0.352 e. The largest absolute Gasteiger partial charge is 0.352 e. The fourth-order valence-corrected chi connectivity index (χ4v) is 3.47. The number of halogens is 1. The predicted octanol–water partition coefficient (Wildman–Crippen LogP) is 3.97. The molecule has 0 fully saturated rings. The molecular formula is C23H27ClN4O2. The van der Waals surface area contributed by atoms with Gasteiger partial charge in [0.15, 0.2) is 0 Å². The number of imidazole rings is 1. The Hall–Kier alpha value is -2.86. The molecule has 3 aromatic rings. The van der Waals surface area contributed by atoms with Crippen LogP contribution in [0, 0.1) is 0 Å². The molecule has 0 saturated carbocycles. The quantitative estimate of drug-likeness (QED) is 0.508. The fourth-order valence-electron chi connectivity index (χ4n) is 3.25. The minimum atomic E-state index is -0.193. The SMILES string of the molecule is CCC(C)NC(=O)Cn1c(CCCNC(=O)c2ccccc2Cl)nc2ccccc21. The Morgan fingerprint density at radius 2 is 1.87 bits per heavy atom. The third-order valence-electron chi connectivity index (χ3n) is 5.04. The number of nitrogens with zero attached hydrogens (tertiary/aromatic N) is 2. The number of hydrogen-bond donors (Lipinski definition) is 2. The average molecular weight is 427 g/mol. The molecule has 3 rings (SSSR count). The summed E-state index contributed by atoms with van der Waals surface area (Å²) in [6.45, 7) is 4.75. The van der Waals surface area contributed by atoms with Gasteiger partial charge in [-0.15, -0.1) is 0 Å². The number of aromatic nitrogens is 2. The first-order chi connectivity index (χ1) is 14.5. The zero-order chi connectivity index (χ0) is 21.5. The average Bonchev–Trinajstić information content (AvgIpc) is 3.08. The molecule has 7 heteroatoms. The van der Waals surface area contributed by atoms with Crippen LogP contribution in [0.25, 0.3) is 11.0 Å². The molecule has 0 aliphatic carbocycles. The predicted molar refractivity (Wildman–Crippen MR) is 120 cm³/mol. The number of rotatable bonds is 9. The minimum absolute atomic E-state index is 0.0271. The van der Waals surface area contributed by atoms with Gasteiger partial charge in [0.05, 0.1) is 21.6 Å². The summed E-state index contributed by atoms with van der Waals surface area (Å²) in [7, 11) is 0. The molecule has 6 nitrogen and oxygen atoms in total. The molecule has 30 heavy (non-hydrogen) atoms. The van der Waals surface area contributed by atoms with Crippen molar-refractivity contribution in [2.45, 2.75) is 45.7 Å². The van der Waals surface area contributed by atoms with Crippen molar-refractivity contribution in [3.8, 4) is 0 Å². The number of nitrogens with one attached hydrogen (secondary N) is 2. The fraction of sp³-hybridized carbons (Fsp3) is 0.348. The maximum absolute atomic E-state index is 12.5. The van der Waals surface area contributed by atoms with E-state index < -0.39 is 0 Å². The molecule has 0 spiro atoms. The Labute approximate surface area is 181 Å². The Balaban J connectivity index is 1.64. The topological polar surface area (TPSA) is 76.0 Å². The highest BCUT2D eigenvalue weighted by Gasteiger charge is 2.15.